The number of nitrogens with zero attached hydrogens (tertiary/aromatic N) is 1. The zero-order valence-electron chi connectivity index (χ0n) is 9.56. The monoisotopic (exact) mass is 236 g/mol. The van der Waals surface area contributed by atoms with Crippen LogP contribution in [-0.4, -0.2) is 11.1 Å². The van der Waals surface area contributed by atoms with Gasteiger partial charge in [0.1, 0.15) is 17.0 Å². The van der Waals surface area contributed by atoms with Crippen molar-refractivity contribution in [3.05, 3.63) is 17.6 Å². The number of ether oxygens (including phenoxy) is 1. The van der Waals surface area contributed by atoms with Crippen LogP contribution in [0.15, 0.2) is 17.6 Å². The number of thiazole rings is 1. The summed E-state index contributed by atoms with van der Waals surface area (Å²) < 4.78 is 6.91. The Morgan fingerprint density at radius 2 is 2.31 bits per heavy atom. The third kappa shape index (κ3) is 2.11. The third-order valence-corrected chi connectivity index (χ3v) is 3.32. The van der Waals surface area contributed by atoms with Crippen LogP contribution >= 0.6 is 11.3 Å². The van der Waals surface area contributed by atoms with Gasteiger partial charge in [0.2, 0.25) is 0 Å². The van der Waals surface area contributed by atoms with Crippen molar-refractivity contribution in [1.82, 2.24) is 4.98 Å². The molecular weight excluding hydrogens is 220 g/mol. The first-order valence-corrected chi connectivity index (χ1v) is 6.38. The molecule has 1 aromatic carbocycles. The maximum atomic E-state index is 6.03. The number of rotatable bonds is 4. The number of nitrogen functional groups attached to an aromatic ring is 1. The number of hydrogen-bond acceptors (Lipinski definition) is 4. The second-order valence-corrected chi connectivity index (χ2v) is 4.78. The smallest absolute Gasteiger partial charge is 0.144 e. The van der Waals surface area contributed by atoms with E-state index in [0.29, 0.717) is 5.69 Å². The van der Waals surface area contributed by atoms with E-state index in [1.807, 2.05) is 12.1 Å². The van der Waals surface area contributed by atoms with E-state index in [2.05, 4.69) is 18.8 Å². The summed E-state index contributed by atoms with van der Waals surface area (Å²) in [6, 6.07) is 3.94. The van der Waals surface area contributed by atoms with Gasteiger partial charge in [-0.15, -0.1) is 11.3 Å². The Hall–Kier alpha value is -1.29. The van der Waals surface area contributed by atoms with Crippen molar-refractivity contribution < 1.29 is 4.74 Å². The minimum Gasteiger partial charge on any atom is -0.488 e. The first-order chi connectivity index (χ1) is 7.72. The lowest BCUT2D eigenvalue weighted by Gasteiger charge is -2.15. The molecule has 1 aromatic heterocycles. The molecule has 3 nitrogen and oxygen atoms in total. The topological polar surface area (TPSA) is 48.1 Å². The highest BCUT2D eigenvalue weighted by Gasteiger charge is 2.10. The van der Waals surface area contributed by atoms with Crippen molar-refractivity contribution in [2.24, 2.45) is 0 Å². The van der Waals surface area contributed by atoms with E-state index < -0.39 is 0 Å². The van der Waals surface area contributed by atoms with Crippen LogP contribution in [0.2, 0.25) is 0 Å². The van der Waals surface area contributed by atoms with Crippen LogP contribution in [0.5, 0.6) is 5.75 Å². The molecule has 2 rings (SSSR count). The van der Waals surface area contributed by atoms with Crippen molar-refractivity contribution in [2.75, 3.05) is 5.73 Å². The summed E-state index contributed by atoms with van der Waals surface area (Å²) >= 11 is 1.59. The van der Waals surface area contributed by atoms with Crippen molar-refractivity contribution in [3.63, 3.8) is 0 Å². The van der Waals surface area contributed by atoms with Crippen LogP contribution in [-0.2, 0) is 0 Å². The lowest BCUT2D eigenvalue weighted by atomic mass is 10.2. The lowest BCUT2D eigenvalue weighted by Crippen LogP contribution is -2.12. The molecule has 0 saturated heterocycles. The van der Waals surface area contributed by atoms with Gasteiger partial charge in [-0.05, 0) is 25.5 Å². The normalized spacial score (nSPS) is 12.9. The minimum atomic E-state index is 0.198. The lowest BCUT2D eigenvalue weighted by molar-refractivity contribution is 0.211. The van der Waals surface area contributed by atoms with E-state index in [0.717, 1.165) is 28.8 Å². The van der Waals surface area contributed by atoms with Gasteiger partial charge in [0.25, 0.3) is 0 Å². The Labute approximate surface area is 99.3 Å². The Bertz CT molecular complexity index is 481. The van der Waals surface area contributed by atoms with Gasteiger partial charge < -0.3 is 10.5 Å². The fraction of sp³-hybridized carbons (Fsp3) is 0.417. The number of anilines is 1. The van der Waals surface area contributed by atoms with Crippen LogP contribution in [0, 0.1) is 0 Å². The average Bonchev–Trinajstić information content (AvgIpc) is 2.71. The van der Waals surface area contributed by atoms with E-state index in [4.69, 9.17) is 10.5 Å². The molecule has 0 fully saturated rings. The van der Waals surface area contributed by atoms with Gasteiger partial charge in [0.15, 0.2) is 0 Å². The maximum absolute atomic E-state index is 6.03. The van der Waals surface area contributed by atoms with Crippen LogP contribution < -0.4 is 10.5 Å². The van der Waals surface area contributed by atoms with Gasteiger partial charge in [-0.25, -0.2) is 4.98 Å². The molecule has 1 atom stereocenters. The Morgan fingerprint density at radius 1 is 1.50 bits per heavy atom. The molecule has 2 aromatic rings. The summed E-state index contributed by atoms with van der Waals surface area (Å²) in [5.74, 6) is 0.749. The molecule has 16 heavy (non-hydrogen) atoms. The molecule has 0 radical (unpaired) electrons. The fourth-order valence-electron chi connectivity index (χ4n) is 1.72. The van der Waals surface area contributed by atoms with E-state index in [9.17, 15) is 0 Å². The second kappa shape index (κ2) is 4.70. The second-order valence-electron chi connectivity index (χ2n) is 3.89. The summed E-state index contributed by atoms with van der Waals surface area (Å²) in [4.78, 5) is 4.25. The van der Waals surface area contributed by atoms with Gasteiger partial charge in [-0.1, -0.05) is 13.3 Å². The molecule has 0 saturated carbocycles. The van der Waals surface area contributed by atoms with Crippen molar-refractivity contribution in [2.45, 2.75) is 32.8 Å². The Balaban J connectivity index is 2.27. The quantitative estimate of drug-likeness (QED) is 0.827. The van der Waals surface area contributed by atoms with Crippen LogP contribution in [0.4, 0.5) is 5.69 Å². The SMILES string of the molecule is CCCC(C)Oc1ccc2scnc2c1N. The molecule has 0 aliphatic carbocycles. The van der Waals surface area contributed by atoms with E-state index >= 15 is 0 Å². The van der Waals surface area contributed by atoms with Crippen LogP contribution in [0.1, 0.15) is 26.7 Å². The summed E-state index contributed by atoms with van der Waals surface area (Å²) in [6.07, 6.45) is 2.34. The summed E-state index contributed by atoms with van der Waals surface area (Å²) in [5.41, 5.74) is 9.34. The van der Waals surface area contributed by atoms with Gasteiger partial charge >= 0.3 is 0 Å². The molecule has 0 amide bonds. The molecule has 0 aliphatic heterocycles. The van der Waals surface area contributed by atoms with Crippen molar-refractivity contribution in [1.29, 1.82) is 0 Å². The molecule has 4 heteroatoms. The predicted octanol–water partition coefficient (Wildman–Crippen LogP) is 3.45. The maximum Gasteiger partial charge on any atom is 0.144 e. The molecule has 0 aliphatic rings. The molecule has 86 valence electrons. The molecular formula is C12H16N2OS. The fourth-order valence-corrected chi connectivity index (χ4v) is 2.41. The molecule has 1 heterocycles. The van der Waals surface area contributed by atoms with Crippen LogP contribution in [0.25, 0.3) is 10.2 Å². The Kier molecular flexibility index (Phi) is 3.29. The third-order valence-electron chi connectivity index (χ3n) is 2.52. The zero-order valence-corrected chi connectivity index (χ0v) is 10.4. The van der Waals surface area contributed by atoms with Gasteiger partial charge in [0.05, 0.1) is 16.3 Å². The Morgan fingerprint density at radius 3 is 3.06 bits per heavy atom. The molecule has 1 unspecified atom stereocenters. The highest BCUT2D eigenvalue weighted by molar-refractivity contribution is 7.16. The molecule has 0 spiro atoms. The zero-order chi connectivity index (χ0) is 11.5. The highest BCUT2D eigenvalue weighted by atomic mass is 32.1. The van der Waals surface area contributed by atoms with Gasteiger partial charge in [0, 0.05) is 0 Å². The summed E-state index contributed by atoms with van der Waals surface area (Å²) in [7, 11) is 0. The predicted molar refractivity (Wildman–Crippen MR) is 69.0 cm³/mol. The number of benzene rings is 1. The standard InChI is InChI=1S/C12H16N2OS/c1-3-4-8(2)15-9-5-6-10-12(11(9)13)14-7-16-10/h5-8H,3-4,13H2,1-2H3. The number of nitrogens with two attached hydrogens (primary N) is 1. The molecule has 2 N–H and O–H groups in total. The van der Waals surface area contributed by atoms with Crippen molar-refractivity contribution in [3.8, 4) is 5.75 Å². The summed E-state index contributed by atoms with van der Waals surface area (Å²) in [6.45, 7) is 4.21. The number of hydrogen-bond donors (Lipinski definition) is 1. The minimum absolute atomic E-state index is 0.198. The number of aromatic nitrogens is 1. The summed E-state index contributed by atoms with van der Waals surface area (Å²) in [5, 5.41) is 0. The molecule has 0 bridgehead atoms. The van der Waals surface area contributed by atoms with E-state index in [1.54, 1.807) is 16.8 Å². The first-order valence-electron chi connectivity index (χ1n) is 5.50. The largest absolute Gasteiger partial charge is 0.488 e. The van der Waals surface area contributed by atoms with Gasteiger partial charge in [-0.2, -0.15) is 0 Å². The highest BCUT2D eigenvalue weighted by Crippen LogP contribution is 2.32. The van der Waals surface area contributed by atoms with Crippen LogP contribution in [0.3, 0.4) is 0 Å². The van der Waals surface area contributed by atoms with Gasteiger partial charge in [-0.3, -0.25) is 0 Å². The average molecular weight is 236 g/mol. The number of fused-ring (bicyclic) bond motifs is 1. The first kappa shape index (κ1) is 11.2. The van der Waals surface area contributed by atoms with Crippen molar-refractivity contribution >= 4 is 27.2 Å². The van der Waals surface area contributed by atoms with E-state index in [-0.39, 0.29) is 6.10 Å². The van der Waals surface area contributed by atoms with E-state index in [1.165, 1.54) is 0 Å².